The van der Waals surface area contributed by atoms with E-state index in [1.807, 2.05) is 6.92 Å². The van der Waals surface area contributed by atoms with Gasteiger partial charge in [0.05, 0.1) is 12.7 Å². The van der Waals surface area contributed by atoms with E-state index in [0.717, 1.165) is 5.57 Å². The summed E-state index contributed by atoms with van der Waals surface area (Å²) in [6.45, 7) is 17.0. The van der Waals surface area contributed by atoms with Crippen molar-refractivity contribution in [2.75, 3.05) is 13.7 Å². The highest BCUT2D eigenvalue weighted by Crippen LogP contribution is 2.36. The third-order valence-electron chi connectivity index (χ3n) is 3.70. The van der Waals surface area contributed by atoms with Gasteiger partial charge in [-0.25, -0.2) is 0 Å². The van der Waals surface area contributed by atoms with Gasteiger partial charge in [0.15, 0.2) is 8.32 Å². The Labute approximate surface area is 113 Å². The van der Waals surface area contributed by atoms with Crippen LogP contribution in [0.2, 0.25) is 18.1 Å². The molecule has 3 nitrogen and oxygen atoms in total. The second-order valence-electron chi connectivity index (χ2n) is 6.57. The monoisotopic (exact) mass is 274 g/mol. The lowest BCUT2D eigenvalue weighted by Gasteiger charge is -2.37. The summed E-state index contributed by atoms with van der Waals surface area (Å²) in [7, 11) is -0.190. The van der Waals surface area contributed by atoms with Gasteiger partial charge in [0.2, 0.25) is 0 Å². The van der Waals surface area contributed by atoms with Crippen molar-refractivity contribution in [3.05, 3.63) is 12.2 Å². The maximum absolute atomic E-state index is 10.1. The van der Waals surface area contributed by atoms with Crippen molar-refractivity contribution in [1.29, 1.82) is 0 Å². The standard InChI is InChI=1S/C14H30O3Si/c1-11(2)9-13(16-6)12(15)10-17-18(7,8)14(3,4)5/h12-13,15H,1,9-10H2,2-8H3/t12-,13+/m1/s1. The van der Waals surface area contributed by atoms with E-state index in [1.165, 1.54) is 0 Å². The zero-order chi connectivity index (χ0) is 14.6. The summed E-state index contributed by atoms with van der Waals surface area (Å²) >= 11 is 0. The van der Waals surface area contributed by atoms with E-state index in [4.69, 9.17) is 9.16 Å². The third kappa shape index (κ3) is 5.65. The molecule has 0 aromatic rings. The van der Waals surface area contributed by atoms with Gasteiger partial charge in [0, 0.05) is 7.11 Å². The third-order valence-corrected chi connectivity index (χ3v) is 8.20. The SMILES string of the molecule is C=C(C)C[C@H](OC)[C@H](O)CO[Si](C)(C)C(C)(C)C. The zero-order valence-corrected chi connectivity index (χ0v) is 14.0. The molecule has 0 heterocycles. The van der Waals surface area contributed by atoms with Gasteiger partial charge >= 0.3 is 0 Å². The molecule has 0 spiro atoms. The first-order valence-electron chi connectivity index (χ1n) is 6.50. The second kappa shape index (κ2) is 6.85. The van der Waals surface area contributed by atoms with Crippen molar-refractivity contribution in [2.24, 2.45) is 0 Å². The molecule has 18 heavy (non-hydrogen) atoms. The van der Waals surface area contributed by atoms with Gasteiger partial charge in [0.1, 0.15) is 6.10 Å². The van der Waals surface area contributed by atoms with E-state index >= 15 is 0 Å². The van der Waals surface area contributed by atoms with Gasteiger partial charge in [-0.3, -0.25) is 0 Å². The first-order chi connectivity index (χ1) is 8.01. The van der Waals surface area contributed by atoms with Crippen LogP contribution in [0.4, 0.5) is 0 Å². The molecule has 0 aliphatic carbocycles. The molecule has 0 aliphatic rings. The highest BCUT2D eigenvalue weighted by molar-refractivity contribution is 6.74. The number of hydrogen-bond acceptors (Lipinski definition) is 3. The van der Waals surface area contributed by atoms with Gasteiger partial charge in [-0.05, 0) is 31.5 Å². The zero-order valence-electron chi connectivity index (χ0n) is 13.0. The fourth-order valence-electron chi connectivity index (χ4n) is 1.34. The summed E-state index contributed by atoms with van der Waals surface area (Å²) in [4.78, 5) is 0. The van der Waals surface area contributed by atoms with Crippen LogP contribution >= 0.6 is 0 Å². The fraction of sp³-hybridized carbons (Fsp3) is 0.857. The van der Waals surface area contributed by atoms with Crippen LogP contribution in [0.15, 0.2) is 12.2 Å². The molecule has 0 aliphatic heterocycles. The average molecular weight is 274 g/mol. The average Bonchev–Trinajstić information content (AvgIpc) is 2.20. The quantitative estimate of drug-likeness (QED) is 0.571. The Bertz CT molecular complexity index is 269. The lowest BCUT2D eigenvalue weighted by atomic mass is 10.1. The highest BCUT2D eigenvalue weighted by atomic mass is 28.4. The Kier molecular flexibility index (Phi) is 6.78. The molecule has 0 bridgehead atoms. The van der Waals surface area contributed by atoms with Crippen molar-refractivity contribution in [3.63, 3.8) is 0 Å². The molecule has 2 atom stereocenters. The van der Waals surface area contributed by atoms with E-state index in [1.54, 1.807) is 7.11 Å². The minimum atomic E-state index is -1.80. The molecular formula is C14H30O3Si. The minimum absolute atomic E-state index is 0.156. The molecule has 4 heteroatoms. The van der Waals surface area contributed by atoms with Crippen LogP contribution in [-0.4, -0.2) is 39.3 Å². The Morgan fingerprint density at radius 2 is 1.83 bits per heavy atom. The smallest absolute Gasteiger partial charge is 0.192 e. The minimum Gasteiger partial charge on any atom is -0.414 e. The van der Waals surface area contributed by atoms with Crippen molar-refractivity contribution >= 4 is 8.32 Å². The molecule has 0 aromatic carbocycles. The van der Waals surface area contributed by atoms with Crippen LogP contribution in [0.5, 0.6) is 0 Å². The molecule has 0 aromatic heterocycles. The van der Waals surface area contributed by atoms with Crippen molar-refractivity contribution in [1.82, 2.24) is 0 Å². The topological polar surface area (TPSA) is 38.7 Å². The Morgan fingerprint density at radius 1 is 1.33 bits per heavy atom. The molecule has 0 unspecified atom stereocenters. The van der Waals surface area contributed by atoms with Crippen molar-refractivity contribution in [3.8, 4) is 0 Å². The lowest BCUT2D eigenvalue weighted by molar-refractivity contribution is -0.0340. The van der Waals surface area contributed by atoms with E-state index in [-0.39, 0.29) is 11.1 Å². The van der Waals surface area contributed by atoms with Gasteiger partial charge in [-0.15, -0.1) is 6.58 Å². The van der Waals surface area contributed by atoms with E-state index < -0.39 is 14.4 Å². The summed E-state index contributed by atoms with van der Waals surface area (Å²) in [6.07, 6.45) is -0.161. The van der Waals surface area contributed by atoms with Crippen molar-refractivity contribution < 1.29 is 14.3 Å². The van der Waals surface area contributed by atoms with E-state index in [9.17, 15) is 5.11 Å². The van der Waals surface area contributed by atoms with E-state index in [2.05, 4.69) is 40.4 Å². The van der Waals surface area contributed by atoms with Gasteiger partial charge in [-0.1, -0.05) is 26.3 Å². The summed E-state index contributed by atoms with van der Waals surface area (Å²) < 4.78 is 11.3. The fourth-order valence-corrected chi connectivity index (χ4v) is 2.36. The van der Waals surface area contributed by atoms with Crippen LogP contribution in [0.3, 0.4) is 0 Å². The Balaban J connectivity index is 4.40. The molecule has 0 radical (unpaired) electrons. The van der Waals surface area contributed by atoms with Gasteiger partial charge < -0.3 is 14.3 Å². The van der Waals surface area contributed by atoms with Gasteiger partial charge in [-0.2, -0.15) is 0 Å². The summed E-state index contributed by atoms with van der Waals surface area (Å²) in [5.41, 5.74) is 1.01. The number of aliphatic hydroxyl groups excluding tert-OH is 1. The number of hydrogen-bond donors (Lipinski definition) is 1. The summed E-state index contributed by atoms with van der Waals surface area (Å²) in [6, 6.07) is 0. The number of rotatable bonds is 7. The molecule has 108 valence electrons. The lowest BCUT2D eigenvalue weighted by Crippen LogP contribution is -2.44. The van der Waals surface area contributed by atoms with Gasteiger partial charge in [0.25, 0.3) is 0 Å². The molecular weight excluding hydrogens is 244 g/mol. The molecule has 0 saturated heterocycles. The first kappa shape index (κ1) is 17.8. The molecule has 0 saturated carbocycles. The number of methoxy groups -OCH3 is 1. The predicted octanol–water partition coefficient (Wildman–Crippen LogP) is 3.35. The number of aliphatic hydroxyl groups is 1. The first-order valence-corrected chi connectivity index (χ1v) is 9.41. The number of ether oxygens (including phenoxy) is 1. The maximum atomic E-state index is 10.1. The largest absolute Gasteiger partial charge is 0.414 e. The second-order valence-corrected chi connectivity index (χ2v) is 11.4. The summed E-state index contributed by atoms with van der Waals surface area (Å²) in [5.74, 6) is 0. The molecule has 0 rings (SSSR count). The van der Waals surface area contributed by atoms with Crippen LogP contribution in [0.1, 0.15) is 34.1 Å². The maximum Gasteiger partial charge on any atom is 0.192 e. The van der Waals surface area contributed by atoms with Crippen LogP contribution < -0.4 is 0 Å². The van der Waals surface area contributed by atoms with Crippen LogP contribution in [-0.2, 0) is 9.16 Å². The van der Waals surface area contributed by atoms with Crippen molar-refractivity contribution in [2.45, 2.75) is 64.5 Å². The highest BCUT2D eigenvalue weighted by Gasteiger charge is 2.38. The van der Waals surface area contributed by atoms with Crippen LogP contribution in [0, 0.1) is 0 Å². The Morgan fingerprint density at radius 3 is 2.17 bits per heavy atom. The molecule has 0 fully saturated rings. The molecule has 1 N–H and O–H groups in total. The predicted molar refractivity (Wildman–Crippen MR) is 79.4 cm³/mol. The van der Waals surface area contributed by atoms with E-state index in [0.29, 0.717) is 13.0 Å². The molecule has 0 amide bonds. The Hall–Kier alpha value is -0.163. The van der Waals surface area contributed by atoms with Crippen LogP contribution in [0.25, 0.3) is 0 Å². The normalized spacial score (nSPS) is 16.4. The summed E-state index contributed by atoms with van der Waals surface area (Å²) in [5, 5.41) is 10.3.